The molecular weight excluding hydrogens is 220 g/mol. The lowest BCUT2D eigenvalue weighted by Gasteiger charge is -2.01. The van der Waals surface area contributed by atoms with Crippen molar-refractivity contribution in [3.8, 4) is 0 Å². The van der Waals surface area contributed by atoms with Gasteiger partial charge in [-0.2, -0.15) is 0 Å². The molecule has 84 valence electrons. The minimum Gasteiger partial charge on any atom is -0.469 e. The van der Waals surface area contributed by atoms with Gasteiger partial charge in [0.25, 0.3) is 0 Å². The summed E-state index contributed by atoms with van der Waals surface area (Å²) in [7, 11) is 1.38. The molecule has 0 amide bonds. The zero-order valence-electron chi connectivity index (χ0n) is 9.18. The van der Waals surface area contributed by atoms with Gasteiger partial charge in [0, 0.05) is 9.80 Å². The fourth-order valence-electron chi connectivity index (χ4n) is 1.06. The van der Waals surface area contributed by atoms with Crippen LogP contribution in [0.25, 0.3) is 0 Å². The number of allylic oxidation sites excluding steroid dienone is 1. The normalized spacial score (nSPS) is 10.9. The van der Waals surface area contributed by atoms with Gasteiger partial charge in [-0.3, -0.25) is 4.79 Å². The SMILES string of the molecule is C=C/C(=C/CC(=O)OC)Sc1ccccc1. The topological polar surface area (TPSA) is 26.3 Å². The molecule has 0 saturated carbocycles. The van der Waals surface area contributed by atoms with E-state index in [9.17, 15) is 4.79 Å². The maximum atomic E-state index is 11.0. The molecule has 0 aliphatic heterocycles. The second-order valence-corrected chi connectivity index (χ2v) is 4.15. The maximum absolute atomic E-state index is 11.0. The summed E-state index contributed by atoms with van der Waals surface area (Å²) in [4.78, 5) is 13.1. The second-order valence-electron chi connectivity index (χ2n) is 3.01. The quantitative estimate of drug-likeness (QED) is 0.443. The number of carbonyl (C=O) groups is 1. The highest BCUT2D eigenvalue weighted by Crippen LogP contribution is 2.26. The summed E-state index contributed by atoms with van der Waals surface area (Å²) >= 11 is 1.58. The molecule has 0 bridgehead atoms. The van der Waals surface area contributed by atoms with Crippen LogP contribution in [0.2, 0.25) is 0 Å². The van der Waals surface area contributed by atoms with Crippen LogP contribution in [0, 0.1) is 0 Å². The van der Waals surface area contributed by atoms with Crippen molar-refractivity contribution >= 4 is 17.7 Å². The summed E-state index contributed by atoms with van der Waals surface area (Å²) in [6.07, 6.45) is 3.83. The zero-order chi connectivity index (χ0) is 11.8. The molecule has 0 atom stereocenters. The Morgan fingerprint density at radius 2 is 2.12 bits per heavy atom. The van der Waals surface area contributed by atoms with E-state index < -0.39 is 0 Å². The maximum Gasteiger partial charge on any atom is 0.309 e. The van der Waals surface area contributed by atoms with Crippen molar-refractivity contribution < 1.29 is 9.53 Å². The molecule has 1 aromatic rings. The smallest absolute Gasteiger partial charge is 0.309 e. The van der Waals surface area contributed by atoms with E-state index in [4.69, 9.17) is 0 Å². The van der Waals surface area contributed by atoms with Crippen LogP contribution in [-0.2, 0) is 9.53 Å². The average molecular weight is 234 g/mol. The van der Waals surface area contributed by atoms with Gasteiger partial charge in [0.1, 0.15) is 0 Å². The van der Waals surface area contributed by atoms with Gasteiger partial charge in [-0.1, -0.05) is 48.7 Å². The lowest BCUT2D eigenvalue weighted by Crippen LogP contribution is -1.97. The molecule has 0 aromatic heterocycles. The van der Waals surface area contributed by atoms with Crippen LogP contribution < -0.4 is 0 Å². The van der Waals surface area contributed by atoms with Gasteiger partial charge in [-0.25, -0.2) is 0 Å². The Bertz CT molecular complexity index is 382. The predicted octanol–water partition coefficient (Wildman–Crippen LogP) is 3.41. The largest absolute Gasteiger partial charge is 0.469 e. The first-order valence-corrected chi connectivity index (χ1v) is 5.70. The standard InChI is InChI=1S/C13H14O2S/c1-3-11(9-10-13(14)15-2)16-12-7-5-4-6-8-12/h3-9H,1,10H2,2H3/b11-9-. The highest BCUT2D eigenvalue weighted by Gasteiger charge is 1.99. The Morgan fingerprint density at radius 1 is 1.44 bits per heavy atom. The highest BCUT2D eigenvalue weighted by molar-refractivity contribution is 8.03. The van der Waals surface area contributed by atoms with Gasteiger partial charge < -0.3 is 4.74 Å². The third-order valence-corrected chi connectivity index (χ3v) is 2.95. The van der Waals surface area contributed by atoms with Crippen molar-refractivity contribution in [2.24, 2.45) is 0 Å². The van der Waals surface area contributed by atoms with Crippen molar-refractivity contribution in [1.82, 2.24) is 0 Å². The van der Waals surface area contributed by atoms with E-state index in [1.54, 1.807) is 17.8 Å². The second kappa shape index (κ2) is 6.90. The number of ether oxygens (including phenoxy) is 1. The molecule has 0 N–H and O–H groups in total. The summed E-state index contributed by atoms with van der Waals surface area (Å²) in [6, 6.07) is 9.95. The van der Waals surface area contributed by atoms with Gasteiger partial charge in [-0.15, -0.1) is 0 Å². The van der Waals surface area contributed by atoms with E-state index in [0.29, 0.717) is 0 Å². The van der Waals surface area contributed by atoms with Gasteiger partial charge in [0.05, 0.1) is 13.5 Å². The number of benzene rings is 1. The number of rotatable bonds is 5. The van der Waals surface area contributed by atoms with Crippen LogP contribution in [0.15, 0.2) is 58.9 Å². The Hall–Kier alpha value is -1.48. The molecule has 0 unspecified atom stereocenters. The first-order valence-electron chi connectivity index (χ1n) is 4.88. The fraction of sp³-hybridized carbons (Fsp3) is 0.154. The van der Waals surface area contributed by atoms with Gasteiger partial charge >= 0.3 is 5.97 Å². The number of methoxy groups -OCH3 is 1. The van der Waals surface area contributed by atoms with Crippen LogP contribution in [0.3, 0.4) is 0 Å². The van der Waals surface area contributed by atoms with E-state index in [1.807, 2.05) is 36.4 Å². The molecule has 1 rings (SSSR count). The number of hydrogen-bond acceptors (Lipinski definition) is 3. The van der Waals surface area contributed by atoms with Gasteiger partial charge in [0.15, 0.2) is 0 Å². The van der Waals surface area contributed by atoms with Crippen molar-refractivity contribution in [3.63, 3.8) is 0 Å². The summed E-state index contributed by atoms with van der Waals surface area (Å²) in [5.41, 5.74) is 0. The Morgan fingerprint density at radius 3 is 2.69 bits per heavy atom. The van der Waals surface area contributed by atoms with Gasteiger partial charge in [0.2, 0.25) is 0 Å². The van der Waals surface area contributed by atoms with E-state index in [0.717, 1.165) is 9.80 Å². The first-order chi connectivity index (χ1) is 7.76. The Kier molecular flexibility index (Phi) is 5.43. The van der Waals surface area contributed by atoms with E-state index in [-0.39, 0.29) is 12.4 Å². The fourth-order valence-corrected chi connectivity index (χ4v) is 1.87. The zero-order valence-corrected chi connectivity index (χ0v) is 10.00. The predicted molar refractivity (Wildman–Crippen MR) is 67.2 cm³/mol. The summed E-state index contributed by atoms with van der Waals surface area (Å²) in [5, 5.41) is 0. The molecule has 3 heteroatoms. The molecule has 0 fully saturated rings. The lowest BCUT2D eigenvalue weighted by molar-refractivity contribution is -0.139. The van der Waals surface area contributed by atoms with E-state index >= 15 is 0 Å². The lowest BCUT2D eigenvalue weighted by atomic mass is 10.4. The molecule has 1 aromatic carbocycles. The monoisotopic (exact) mass is 234 g/mol. The molecule has 0 radical (unpaired) electrons. The Balaban J connectivity index is 2.62. The molecular formula is C13H14O2S. The minimum atomic E-state index is -0.243. The van der Waals surface area contributed by atoms with Crippen molar-refractivity contribution in [3.05, 3.63) is 54.0 Å². The minimum absolute atomic E-state index is 0.243. The van der Waals surface area contributed by atoms with Crippen molar-refractivity contribution in [1.29, 1.82) is 0 Å². The van der Waals surface area contributed by atoms with Crippen LogP contribution in [0.1, 0.15) is 6.42 Å². The average Bonchev–Trinajstić information content (AvgIpc) is 2.35. The van der Waals surface area contributed by atoms with Gasteiger partial charge in [-0.05, 0) is 12.1 Å². The molecule has 0 saturated heterocycles. The molecule has 2 nitrogen and oxygen atoms in total. The van der Waals surface area contributed by atoms with Crippen molar-refractivity contribution in [2.45, 2.75) is 11.3 Å². The number of hydrogen-bond donors (Lipinski definition) is 0. The van der Waals surface area contributed by atoms with Crippen LogP contribution in [0.5, 0.6) is 0 Å². The number of thioether (sulfide) groups is 1. The van der Waals surface area contributed by atoms with E-state index in [2.05, 4.69) is 11.3 Å². The van der Waals surface area contributed by atoms with Crippen LogP contribution >= 0.6 is 11.8 Å². The third-order valence-electron chi connectivity index (χ3n) is 1.88. The third kappa shape index (κ3) is 4.36. The van der Waals surface area contributed by atoms with Crippen LogP contribution in [0.4, 0.5) is 0 Å². The van der Waals surface area contributed by atoms with Crippen LogP contribution in [-0.4, -0.2) is 13.1 Å². The highest BCUT2D eigenvalue weighted by atomic mass is 32.2. The molecule has 0 aliphatic rings. The van der Waals surface area contributed by atoms with Crippen molar-refractivity contribution in [2.75, 3.05) is 7.11 Å². The summed E-state index contributed by atoms with van der Waals surface area (Å²) in [5.74, 6) is -0.243. The van der Waals surface area contributed by atoms with E-state index in [1.165, 1.54) is 7.11 Å². The summed E-state index contributed by atoms with van der Waals surface area (Å²) in [6.45, 7) is 3.72. The molecule has 16 heavy (non-hydrogen) atoms. The molecule has 0 heterocycles. The summed E-state index contributed by atoms with van der Waals surface area (Å²) < 4.78 is 4.57. The number of esters is 1. The Labute approximate surface area is 100 Å². The first kappa shape index (κ1) is 12.6. The number of carbonyl (C=O) groups excluding carboxylic acids is 1. The molecule has 0 spiro atoms. The molecule has 0 aliphatic carbocycles.